The Morgan fingerprint density at radius 3 is 2.37 bits per heavy atom. The van der Waals surface area contributed by atoms with Gasteiger partial charge in [-0.25, -0.2) is 28.7 Å². The maximum Gasteiger partial charge on any atom is 0.225 e. The van der Waals surface area contributed by atoms with Crippen LogP contribution in [0.3, 0.4) is 0 Å². The molecule has 38 heavy (non-hydrogen) atoms. The van der Waals surface area contributed by atoms with Crippen LogP contribution in [0.5, 0.6) is 0 Å². The van der Waals surface area contributed by atoms with Gasteiger partial charge in [-0.05, 0) is 12.1 Å². The van der Waals surface area contributed by atoms with Gasteiger partial charge in [0.2, 0.25) is 11.9 Å². The summed E-state index contributed by atoms with van der Waals surface area (Å²) >= 11 is 0. The summed E-state index contributed by atoms with van der Waals surface area (Å²) in [6.07, 6.45) is 10.8. The van der Waals surface area contributed by atoms with Crippen molar-refractivity contribution < 1.29 is 13.5 Å². The van der Waals surface area contributed by atoms with Gasteiger partial charge in [-0.15, -0.1) is 0 Å². The molecule has 0 aliphatic carbocycles. The summed E-state index contributed by atoms with van der Waals surface area (Å²) in [7, 11) is 1.64. The van der Waals surface area contributed by atoms with E-state index in [1.807, 2.05) is 17.0 Å². The van der Waals surface area contributed by atoms with Crippen molar-refractivity contribution >= 4 is 11.9 Å². The zero-order chi connectivity index (χ0) is 26.3. The number of hydrogen-bond donors (Lipinski definition) is 0. The molecule has 0 aromatic carbocycles. The normalized spacial score (nSPS) is 15.3. The van der Waals surface area contributed by atoms with E-state index >= 15 is 0 Å². The third kappa shape index (κ3) is 5.90. The van der Waals surface area contributed by atoms with Crippen molar-refractivity contribution in [3.8, 4) is 23.1 Å². The predicted molar refractivity (Wildman–Crippen MR) is 137 cm³/mol. The molecule has 1 atom stereocenters. The number of methoxy groups -OCH3 is 1. The molecular formula is C26H25F2N9O. The Kier molecular flexibility index (Phi) is 7.75. The molecule has 0 unspecified atom stereocenters. The molecule has 1 saturated heterocycles. The molecule has 10 nitrogen and oxygen atoms in total. The highest BCUT2D eigenvalue weighted by Crippen LogP contribution is 2.20. The van der Waals surface area contributed by atoms with E-state index in [1.54, 1.807) is 42.8 Å². The Bertz CT molecular complexity index is 1400. The van der Waals surface area contributed by atoms with Gasteiger partial charge >= 0.3 is 0 Å². The molecule has 4 aromatic heterocycles. The van der Waals surface area contributed by atoms with E-state index < -0.39 is 12.5 Å². The number of piperazine rings is 1. The summed E-state index contributed by atoms with van der Waals surface area (Å²) in [5.74, 6) is 6.73. The van der Waals surface area contributed by atoms with Gasteiger partial charge in [0.05, 0.1) is 49.0 Å². The van der Waals surface area contributed by atoms with Gasteiger partial charge in [0.1, 0.15) is 6.67 Å². The number of ether oxygens (including phenoxy) is 1. The lowest BCUT2D eigenvalue weighted by molar-refractivity contribution is 0.173. The highest BCUT2D eigenvalue weighted by molar-refractivity contribution is 5.57. The first kappa shape index (κ1) is 25.2. The predicted octanol–water partition coefficient (Wildman–Crippen LogP) is 2.38. The van der Waals surface area contributed by atoms with Crippen molar-refractivity contribution in [2.45, 2.75) is 12.6 Å². The maximum absolute atomic E-state index is 13.3. The number of nitrogens with zero attached hydrogens (tertiary/aromatic N) is 9. The van der Waals surface area contributed by atoms with Crippen molar-refractivity contribution in [3.63, 3.8) is 0 Å². The Balaban J connectivity index is 1.22. The van der Waals surface area contributed by atoms with Crippen LogP contribution in [0, 0.1) is 17.7 Å². The first-order valence-corrected chi connectivity index (χ1v) is 12.0. The van der Waals surface area contributed by atoms with E-state index in [4.69, 9.17) is 4.74 Å². The smallest absolute Gasteiger partial charge is 0.225 e. The average molecular weight is 518 g/mol. The van der Waals surface area contributed by atoms with E-state index in [0.29, 0.717) is 43.7 Å². The van der Waals surface area contributed by atoms with E-state index in [-0.39, 0.29) is 12.6 Å². The minimum Gasteiger partial charge on any atom is -0.382 e. The number of alkyl halides is 1. The lowest BCUT2D eigenvalue weighted by Crippen LogP contribution is -2.56. The van der Waals surface area contributed by atoms with Crippen molar-refractivity contribution in [3.05, 3.63) is 72.5 Å². The van der Waals surface area contributed by atoms with Gasteiger partial charge in [0.15, 0.2) is 5.82 Å². The second kappa shape index (κ2) is 11.7. The van der Waals surface area contributed by atoms with Crippen LogP contribution >= 0.6 is 0 Å². The lowest BCUT2D eigenvalue weighted by Gasteiger charge is -2.41. The Morgan fingerprint density at radius 1 is 0.921 bits per heavy atom. The van der Waals surface area contributed by atoms with Crippen LogP contribution in [-0.4, -0.2) is 80.8 Å². The zero-order valence-corrected chi connectivity index (χ0v) is 20.7. The number of aromatic nitrogens is 7. The fraction of sp³-hybridized carbons (Fsp3) is 0.308. The fourth-order valence-electron chi connectivity index (χ4n) is 4.13. The standard InChI is InChI=1S/C26H25F2N9O/c1-38-18-23-17-35(8-9-37(23)26-32-14-22(28)15-33-26)25-30-11-20(12-31-25)3-2-19-4-5-24(29-10-19)21-13-34-36(16-21)7-6-27/h4-5,10-16,23H,6-9,17-18H2,1H3/t23-/m1/s1. The third-order valence-corrected chi connectivity index (χ3v) is 5.98. The number of anilines is 2. The minimum atomic E-state index is -0.472. The second-order valence-electron chi connectivity index (χ2n) is 8.58. The van der Waals surface area contributed by atoms with Crippen molar-refractivity contribution in [1.82, 2.24) is 34.7 Å². The fourth-order valence-corrected chi connectivity index (χ4v) is 4.13. The highest BCUT2D eigenvalue weighted by atomic mass is 19.1. The second-order valence-corrected chi connectivity index (χ2v) is 8.58. The number of hydrogen-bond acceptors (Lipinski definition) is 9. The van der Waals surface area contributed by atoms with Crippen LogP contribution in [0.15, 0.2) is 55.5 Å². The average Bonchev–Trinajstić information content (AvgIpc) is 3.42. The molecule has 0 radical (unpaired) electrons. The van der Waals surface area contributed by atoms with E-state index in [0.717, 1.165) is 29.2 Å². The van der Waals surface area contributed by atoms with E-state index in [2.05, 4.69) is 46.8 Å². The van der Waals surface area contributed by atoms with E-state index in [9.17, 15) is 8.78 Å². The highest BCUT2D eigenvalue weighted by Gasteiger charge is 2.30. The maximum atomic E-state index is 13.3. The summed E-state index contributed by atoms with van der Waals surface area (Å²) in [4.78, 5) is 25.8. The number of halogens is 2. The van der Waals surface area contributed by atoms with Crippen LogP contribution in [0.2, 0.25) is 0 Å². The number of pyridine rings is 1. The summed E-state index contributed by atoms with van der Waals surface area (Å²) in [5, 5.41) is 4.12. The van der Waals surface area contributed by atoms with Crippen molar-refractivity contribution in [2.24, 2.45) is 0 Å². The summed E-state index contributed by atoms with van der Waals surface area (Å²) in [6.45, 7) is 2.07. The molecular weight excluding hydrogens is 492 g/mol. The monoisotopic (exact) mass is 517 g/mol. The first-order valence-electron chi connectivity index (χ1n) is 12.0. The van der Waals surface area contributed by atoms with Gasteiger partial charge < -0.3 is 14.5 Å². The molecule has 0 spiro atoms. The molecule has 1 aliphatic rings. The molecule has 0 amide bonds. The molecule has 194 valence electrons. The molecule has 12 heteroatoms. The molecule has 5 rings (SSSR count). The topological polar surface area (TPSA) is 98.0 Å². The molecule has 0 bridgehead atoms. The first-order chi connectivity index (χ1) is 18.6. The Labute approximate surface area is 218 Å². The molecule has 1 fully saturated rings. The van der Waals surface area contributed by atoms with E-state index in [1.165, 1.54) is 0 Å². The quantitative estimate of drug-likeness (QED) is 0.342. The molecule has 0 N–H and O–H groups in total. The van der Waals surface area contributed by atoms with Crippen LogP contribution in [0.25, 0.3) is 11.3 Å². The summed E-state index contributed by atoms with van der Waals surface area (Å²) < 4.78 is 32.7. The summed E-state index contributed by atoms with van der Waals surface area (Å²) in [5.41, 5.74) is 2.99. The summed E-state index contributed by atoms with van der Waals surface area (Å²) in [6, 6.07) is 3.68. The van der Waals surface area contributed by atoms with Gasteiger partial charge in [0.25, 0.3) is 0 Å². The van der Waals surface area contributed by atoms with Crippen LogP contribution in [-0.2, 0) is 11.3 Å². The van der Waals surface area contributed by atoms with Gasteiger partial charge in [-0.2, -0.15) is 5.10 Å². The third-order valence-electron chi connectivity index (χ3n) is 5.98. The lowest BCUT2D eigenvalue weighted by atomic mass is 10.2. The Hall–Kier alpha value is -4.50. The number of rotatable bonds is 7. The SMILES string of the molecule is COC[C@H]1CN(c2ncc(C#Cc3ccc(-c4cnn(CCF)c4)nc3)cn2)CCN1c1ncc(F)cn1. The molecule has 0 saturated carbocycles. The Morgan fingerprint density at radius 2 is 1.66 bits per heavy atom. The van der Waals surface area contributed by atoms with Crippen LogP contribution < -0.4 is 9.80 Å². The largest absolute Gasteiger partial charge is 0.382 e. The van der Waals surface area contributed by atoms with Crippen molar-refractivity contribution in [2.75, 3.05) is 49.8 Å². The molecule has 1 aliphatic heterocycles. The zero-order valence-electron chi connectivity index (χ0n) is 20.7. The number of aryl methyl sites for hydroxylation is 1. The van der Waals surface area contributed by atoms with Gasteiger partial charge in [-0.1, -0.05) is 11.8 Å². The van der Waals surface area contributed by atoms with Gasteiger partial charge in [0, 0.05) is 62.7 Å². The van der Waals surface area contributed by atoms with Crippen molar-refractivity contribution in [1.29, 1.82) is 0 Å². The van der Waals surface area contributed by atoms with Crippen LogP contribution in [0.4, 0.5) is 20.7 Å². The van der Waals surface area contributed by atoms with Gasteiger partial charge in [-0.3, -0.25) is 9.67 Å². The minimum absolute atomic E-state index is 0.0456. The van der Waals surface area contributed by atoms with Crippen LogP contribution in [0.1, 0.15) is 11.1 Å². The molecule has 5 heterocycles. The molecule has 4 aromatic rings.